The smallest absolute Gasteiger partial charge is 0.381 e. The average molecular weight is 507 g/mol. The van der Waals surface area contributed by atoms with Crippen molar-refractivity contribution < 1.29 is 32.2 Å². The third-order valence-electron chi connectivity index (χ3n) is 7.10. The molecule has 2 N–H and O–H groups in total. The summed E-state index contributed by atoms with van der Waals surface area (Å²) in [5.41, 5.74) is 0.905. The standard InChI is InChI=1S/C25H29F3N4O4/c1-12-15(5-4-6-18(12)25(26,27)28)13(2)29-23-21(24-35-7-8-36-24)19(30-14(3)31-23)9-20(33)32-22-16-10-34-11-17(16)22/h4-6,13,16-17,22,24H,7-11H2,1-3H3,(H,32,33)(H,29,30,31)/t13-,16-,17+,22+/m1/s1. The fraction of sp³-hybridized carbons (Fsp3) is 0.560. The molecule has 0 bridgehead atoms. The van der Waals surface area contributed by atoms with Crippen molar-refractivity contribution in [3.05, 3.63) is 52.0 Å². The lowest BCUT2D eigenvalue weighted by molar-refractivity contribution is -0.138. The molecule has 0 spiro atoms. The summed E-state index contributed by atoms with van der Waals surface area (Å²) in [5.74, 6) is 1.37. The van der Waals surface area contributed by atoms with Crippen LogP contribution in [0.3, 0.4) is 0 Å². The van der Waals surface area contributed by atoms with Gasteiger partial charge in [-0.25, -0.2) is 9.97 Å². The lowest BCUT2D eigenvalue weighted by atomic mass is 9.97. The van der Waals surface area contributed by atoms with E-state index in [9.17, 15) is 18.0 Å². The van der Waals surface area contributed by atoms with E-state index in [2.05, 4.69) is 20.6 Å². The highest BCUT2D eigenvalue weighted by atomic mass is 19.4. The van der Waals surface area contributed by atoms with Crippen LogP contribution in [-0.4, -0.2) is 48.3 Å². The molecule has 5 rings (SSSR count). The van der Waals surface area contributed by atoms with Crippen LogP contribution in [-0.2, 0) is 31.6 Å². The number of nitrogens with zero attached hydrogens (tertiary/aromatic N) is 2. The summed E-state index contributed by atoms with van der Waals surface area (Å²) in [4.78, 5) is 21.9. The summed E-state index contributed by atoms with van der Waals surface area (Å²) in [6.45, 7) is 7.00. The zero-order chi connectivity index (χ0) is 25.6. The zero-order valence-electron chi connectivity index (χ0n) is 20.3. The van der Waals surface area contributed by atoms with Gasteiger partial charge in [-0.1, -0.05) is 12.1 Å². The van der Waals surface area contributed by atoms with Gasteiger partial charge in [-0.05, 0) is 38.0 Å². The van der Waals surface area contributed by atoms with Crippen LogP contribution in [0.15, 0.2) is 18.2 Å². The molecule has 0 radical (unpaired) electrons. The fourth-order valence-corrected chi connectivity index (χ4v) is 5.21. The van der Waals surface area contributed by atoms with Crippen molar-refractivity contribution in [1.29, 1.82) is 0 Å². The highest BCUT2D eigenvalue weighted by Crippen LogP contribution is 2.44. The number of halogens is 3. The summed E-state index contributed by atoms with van der Waals surface area (Å²) in [7, 11) is 0. The SMILES string of the molecule is Cc1nc(CC(=O)N[C@H]2[C@@H]3COC[C@@H]32)c(C2OCCO2)c(N[C@H](C)c2cccc(C(F)(F)F)c2C)n1. The molecule has 2 aromatic rings. The Morgan fingerprint density at radius 3 is 2.50 bits per heavy atom. The van der Waals surface area contributed by atoms with Crippen LogP contribution in [0.5, 0.6) is 0 Å². The second kappa shape index (κ2) is 9.60. The molecule has 2 aliphatic heterocycles. The molecule has 1 aliphatic carbocycles. The van der Waals surface area contributed by atoms with Gasteiger partial charge < -0.3 is 24.8 Å². The van der Waals surface area contributed by atoms with Crippen molar-refractivity contribution in [1.82, 2.24) is 15.3 Å². The number of carbonyl (C=O) groups excluding carboxylic acids is 1. The van der Waals surface area contributed by atoms with Crippen LogP contribution in [0.4, 0.5) is 19.0 Å². The Balaban J connectivity index is 1.42. The highest BCUT2D eigenvalue weighted by molar-refractivity contribution is 5.79. The van der Waals surface area contributed by atoms with Crippen LogP contribution < -0.4 is 10.6 Å². The van der Waals surface area contributed by atoms with E-state index >= 15 is 0 Å². The molecule has 1 aromatic heterocycles. The second-order valence-corrected chi connectivity index (χ2v) is 9.57. The maximum Gasteiger partial charge on any atom is 0.416 e. The summed E-state index contributed by atoms with van der Waals surface area (Å²) in [6.07, 6.45) is -5.22. The molecule has 3 fully saturated rings. The lowest BCUT2D eigenvalue weighted by Gasteiger charge is -2.24. The third-order valence-corrected chi connectivity index (χ3v) is 7.10. The minimum Gasteiger partial charge on any atom is -0.381 e. The van der Waals surface area contributed by atoms with Crippen LogP contribution in [0.25, 0.3) is 0 Å². The Kier molecular flexibility index (Phi) is 6.65. The molecule has 4 atom stereocenters. The van der Waals surface area contributed by atoms with E-state index in [1.807, 2.05) is 0 Å². The van der Waals surface area contributed by atoms with Crippen molar-refractivity contribution in [3.63, 3.8) is 0 Å². The summed E-state index contributed by atoms with van der Waals surface area (Å²) < 4.78 is 57.2. The molecule has 1 aromatic carbocycles. The van der Waals surface area contributed by atoms with E-state index < -0.39 is 24.1 Å². The summed E-state index contributed by atoms with van der Waals surface area (Å²) >= 11 is 0. The van der Waals surface area contributed by atoms with Crippen LogP contribution in [0, 0.1) is 25.7 Å². The van der Waals surface area contributed by atoms with Gasteiger partial charge in [0.2, 0.25) is 5.91 Å². The number of rotatable bonds is 7. The van der Waals surface area contributed by atoms with Crippen molar-refractivity contribution in [2.45, 2.75) is 51.7 Å². The average Bonchev–Trinajstić information content (AvgIpc) is 3.21. The topological polar surface area (TPSA) is 94.6 Å². The number of amides is 1. The number of benzene rings is 1. The molecule has 0 unspecified atom stereocenters. The first-order chi connectivity index (χ1) is 17.1. The number of alkyl halides is 3. The van der Waals surface area contributed by atoms with E-state index in [-0.39, 0.29) is 23.9 Å². The van der Waals surface area contributed by atoms with Gasteiger partial charge in [-0.3, -0.25) is 4.79 Å². The van der Waals surface area contributed by atoms with Gasteiger partial charge in [0, 0.05) is 17.9 Å². The number of hydrogen-bond donors (Lipinski definition) is 2. The van der Waals surface area contributed by atoms with E-state index in [1.165, 1.54) is 13.0 Å². The molecule has 3 heterocycles. The molecular formula is C25H29F3N4O4. The first-order valence-corrected chi connectivity index (χ1v) is 12.0. The van der Waals surface area contributed by atoms with Crippen molar-refractivity contribution >= 4 is 11.7 Å². The number of aromatic nitrogens is 2. The van der Waals surface area contributed by atoms with Gasteiger partial charge in [-0.15, -0.1) is 0 Å². The number of aryl methyl sites for hydroxylation is 1. The maximum absolute atomic E-state index is 13.5. The highest BCUT2D eigenvalue weighted by Gasteiger charge is 2.54. The maximum atomic E-state index is 13.5. The van der Waals surface area contributed by atoms with Gasteiger partial charge in [0.05, 0.1) is 55.7 Å². The van der Waals surface area contributed by atoms with Gasteiger partial charge in [-0.2, -0.15) is 13.2 Å². The molecule has 1 saturated carbocycles. The number of anilines is 1. The summed E-state index contributed by atoms with van der Waals surface area (Å²) in [5, 5.41) is 6.30. The molecule has 194 valence electrons. The molecule has 3 aliphatic rings. The van der Waals surface area contributed by atoms with E-state index in [1.54, 1.807) is 19.9 Å². The monoisotopic (exact) mass is 506 g/mol. The van der Waals surface area contributed by atoms with Crippen molar-refractivity contribution in [2.24, 2.45) is 11.8 Å². The number of carbonyl (C=O) groups is 1. The van der Waals surface area contributed by atoms with E-state index in [0.717, 1.165) is 6.07 Å². The van der Waals surface area contributed by atoms with Gasteiger partial charge in [0.15, 0.2) is 6.29 Å². The second-order valence-electron chi connectivity index (χ2n) is 9.57. The third kappa shape index (κ3) is 4.91. The number of fused-ring (bicyclic) bond motifs is 1. The van der Waals surface area contributed by atoms with Crippen molar-refractivity contribution in [2.75, 3.05) is 31.7 Å². The quantitative estimate of drug-likeness (QED) is 0.592. The number of nitrogens with one attached hydrogen (secondary N) is 2. The van der Waals surface area contributed by atoms with E-state index in [4.69, 9.17) is 14.2 Å². The Hall–Kier alpha value is -2.76. The minimum atomic E-state index is -4.45. The minimum absolute atomic E-state index is 0.00432. The van der Waals surface area contributed by atoms with Crippen molar-refractivity contribution in [3.8, 4) is 0 Å². The predicted octanol–water partition coefficient (Wildman–Crippen LogP) is 3.63. The molecule has 8 nitrogen and oxygen atoms in total. The molecule has 2 saturated heterocycles. The lowest BCUT2D eigenvalue weighted by Crippen LogP contribution is -2.32. The zero-order valence-corrected chi connectivity index (χ0v) is 20.3. The molecule has 1 amide bonds. The Morgan fingerprint density at radius 1 is 1.14 bits per heavy atom. The summed E-state index contributed by atoms with van der Waals surface area (Å²) in [6, 6.07) is 3.73. The van der Waals surface area contributed by atoms with Gasteiger partial charge >= 0.3 is 6.18 Å². The van der Waals surface area contributed by atoms with Crippen LogP contribution >= 0.6 is 0 Å². The number of ether oxygens (including phenoxy) is 3. The Morgan fingerprint density at radius 2 is 1.83 bits per heavy atom. The van der Waals surface area contributed by atoms with E-state index in [0.29, 0.717) is 66.7 Å². The van der Waals surface area contributed by atoms with Crippen LogP contribution in [0.2, 0.25) is 0 Å². The molecule has 36 heavy (non-hydrogen) atoms. The van der Waals surface area contributed by atoms with Gasteiger partial charge in [0.25, 0.3) is 0 Å². The fourth-order valence-electron chi connectivity index (χ4n) is 5.21. The predicted molar refractivity (Wildman–Crippen MR) is 123 cm³/mol. The van der Waals surface area contributed by atoms with Gasteiger partial charge in [0.1, 0.15) is 11.6 Å². The molecular weight excluding hydrogens is 477 g/mol. The normalized spacial score (nSPS) is 24.4. The number of hydrogen-bond acceptors (Lipinski definition) is 7. The van der Waals surface area contributed by atoms with Crippen LogP contribution in [0.1, 0.15) is 53.0 Å². The largest absolute Gasteiger partial charge is 0.416 e. The Labute approximate surface area is 206 Å². The Bertz CT molecular complexity index is 1140. The molecule has 11 heteroatoms. The first-order valence-electron chi connectivity index (χ1n) is 12.0. The first kappa shape index (κ1) is 24.9.